The summed E-state index contributed by atoms with van der Waals surface area (Å²) in [5.41, 5.74) is 0.782. The van der Waals surface area contributed by atoms with Crippen LogP contribution in [0.3, 0.4) is 0 Å². The van der Waals surface area contributed by atoms with Gasteiger partial charge < -0.3 is 14.6 Å². The molecule has 0 bridgehead atoms. The molecule has 0 aromatic heterocycles. The number of hydrogen-bond donors (Lipinski definition) is 1. The van der Waals surface area contributed by atoms with Gasteiger partial charge in [-0.15, -0.1) is 0 Å². The number of aliphatic hydroxyl groups is 1. The zero-order valence-corrected chi connectivity index (χ0v) is 11.4. The maximum atomic E-state index is 12.8. The molecule has 1 fully saturated rings. The van der Waals surface area contributed by atoms with Gasteiger partial charge in [0, 0.05) is 11.8 Å². The molecule has 1 aromatic rings. The van der Waals surface area contributed by atoms with Crippen LogP contribution in [-0.2, 0) is 9.47 Å². The van der Waals surface area contributed by atoms with E-state index >= 15 is 0 Å². The number of hydrogen-bond acceptors (Lipinski definition) is 3. The van der Waals surface area contributed by atoms with Crippen LogP contribution in [-0.4, -0.2) is 24.6 Å². The van der Waals surface area contributed by atoms with E-state index < -0.39 is 6.10 Å². The molecule has 1 aliphatic rings. The van der Waals surface area contributed by atoms with Crippen molar-refractivity contribution in [2.75, 3.05) is 13.2 Å². The number of benzene rings is 1. The van der Waals surface area contributed by atoms with Gasteiger partial charge in [-0.05, 0) is 24.1 Å². The molecule has 106 valence electrons. The summed E-state index contributed by atoms with van der Waals surface area (Å²) in [6.45, 7) is 5.53. The maximum absolute atomic E-state index is 12.8. The van der Waals surface area contributed by atoms with Crippen molar-refractivity contribution < 1.29 is 19.0 Å². The fraction of sp³-hybridized carbons (Fsp3) is 0.600. The molecule has 0 amide bonds. The standard InChI is InChI=1S/C15H21FO3/c1-15(2)9-18-14(19-10-15)8-7-13(17)11-3-5-12(16)6-4-11/h3-6,13-14,17H,7-10H2,1-2H3/t13-/m1/s1. The molecule has 1 N–H and O–H groups in total. The Morgan fingerprint density at radius 3 is 2.42 bits per heavy atom. The average molecular weight is 268 g/mol. The monoisotopic (exact) mass is 268 g/mol. The first-order valence-corrected chi connectivity index (χ1v) is 6.63. The van der Waals surface area contributed by atoms with Gasteiger partial charge >= 0.3 is 0 Å². The van der Waals surface area contributed by atoms with Gasteiger partial charge in [0.25, 0.3) is 0 Å². The first-order chi connectivity index (χ1) is 8.96. The SMILES string of the molecule is CC1(C)COC(CC[C@@H](O)c2ccc(F)cc2)OC1. The lowest BCUT2D eigenvalue weighted by molar-refractivity contribution is -0.225. The van der Waals surface area contributed by atoms with Crippen LogP contribution in [0.25, 0.3) is 0 Å². The van der Waals surface area contributed by atoms with E-state index in [4.69, 9.17) is 9.47 Å². The van der Waals surface area contributed by atoms with Crippen molar-refractivity contribution in [3.8, 4) is 0 Å². The highest BCUT2D eigenvalue weighted by Crippen LogP contribution is 2.27. The predicted octanol–water partition coefficient (Wildman–Crippen LogP) is 3.04. The van der Waals surface area contributed by atoms with E-state index in [1.165, 1.54) is 12.1 Å². The van der Waals surface area contributed by atoms with E-state index in [0.29, 0.717) is 26.1 Å². The van der Waals surface area contributed by atoms with Crippen LogP contribution in [0.4, 0.5) is 4.39 Å². The van der Waals surface area contributed by atoms with Crippen LogP contribution in [0.15, 0.2) is 24.3 Å². The lowest BCUT2D eigenvalue weighted by Gasteiger charge is -2.34. The molecule has 1 atom stereocenters. The molecule has 2 rings (SSSR count). The Morgan fingerprint density at radius 2 is 1.84 bits per heavy atom. The minimum Gasteiger partial charge on any atom is -0.388 e. The third-order valence-electron chi connectivity index (χ3n) is 3.25. The van der Waals surface area contributed by atoms with Crippen molar-refractivity contribution in [3.05, 3.63) is 35.6 Å². The lowest BCUT2D eigenvalue weighted by atomic mass is 9.95. The summed E-state index contributed by atoms with van der Waals surface area (Å²) in [6.07, 6.45) is 0.316. The fourth-order valence-corrected chi connectivity index (χ4v) is 2.04. The Labute approximate surface area is 113 Å². The van der Waals surface area contributed by atoms with E-state index in [1.54, 1.807) is 12.1 Å². The third-order valence-corrected chi connectivity index (χ3v) is 3.25. The minimum atomic E-state index is -0.609. The van der Waals surface area contributed by atoms with Crippen LogP contribution in [0.1, 0.15) is 38.4 Å². The highest BCUT2D eigenvalue weighted by molar-refractivity contribution is 5.18. The summed E-state index contributed by atoms with van der Waals surface area (Å²) in [7, 11) is 0. The van der Waals surface area contributed by atoms with Gasteiger partial charge in [-0.25, -0.2) is 4.39 Å². The van der Waals surface area contributed by atoms with Gasteiger partial charge in [0.1, 0.15) is 5.82 Å². The molecule has 0 saturated carbocycles. The van der Waals surface area contributed by atoms with Crippen LogP contribution in [0, 0.1) is 11.2 Å². The highest BCUT2D eigenvalue weighted by atomic mass is 19.1. The zero-order chi connectivity index (χ0) is 13.9. The summed E-state index contributed by atoms with van der Waals surface area (Å²) in [6, 6.07) is 5.92. The molecule has 19 heavy (non-hydrogen) atoms. The normalized spacial score (nSPS) is 21.3. The van der Waals surface area contributed by atoms with Crippen molar-refractivity contribution in [2.24, 2.45) is 5.41 Å². The second kappa shape index (κ2) is 5.99. The highest BCUT2D eigenvalue weighted by Gasteiger charge is 2.28. The molecule has 0 radical (unpaired) electrons. The Kier molecular flexibility index (Phi) is 4.55. The Balaban J connectivity index is 1.78. The third kappa shape index (κ3) is 4.27. The molecule has 0 spiro atoms. The Morgan fingerprint density at radius 1 is 1.26 bits per heavy atom. The van der Waals surface area contributed by atoms with Gasteiger partial charge in [-0.1, -0.05) is 26.0 Å². The van der Waals surface area contributed by atoms with E-state index in [2.05, 4.69) is 13.8 Å². The second-order valence-electron chi connectivity index (χ2n) is 5.86. The largest absolute Gasteiger partial charge is 0.388 e. The summed E-state index contributed by atoms with van der Waals surface area (Å²) < 4.78 is 24.0. The molecule has 0 unspecified atom stereocenters. The van der Waals surface area contributed by atoms with Crippen LogP contribution >= 0.6 is 0 Å². The van der Waals surface area contributed by atoms with Crippen molar-refractivity contribution >= 4 is 0 Å². The van der Waals surface area contributed by atoms with E-state index in [9.17, 15) is 9.50 Å². The van der Waals surface area contributed by atoms with E-state index in [1.807, 2.05) is 0 Å². The van der Waals surface area contributed by atoms with E-state index in [0.717, 1.165) is 5.56 Å². The predicted molar refractivity (Wildman–Crippen MR) is 70.1 cm³/mol. The number of aliphatic hydroxyl groups excluding tert-OH is 1. The van der Waals surface area contributed by atoms with E-state index in [-0.39, 0.29) is 17.5 Å². The Bertz CT molecular complexity index is 392. The van der Waals surface area contributed by atoms with Crippen LogP contribution in [0.5, 0.6) is 0 Å². The van der Waals surface area contributed by atoms with Gasteiger partial charge in [0.05, 0.1) is 19.3 Å². The number of ether oxygens (including phenoxy) is 2. The maximum Gasteiger partial charge on any atom is 0.157 e. The molecule has 1 saturated heterocycles. The molecule has 1 heterocycles. The van der Waals surface area contributed by atoms with Gasteiger partial charge in [-0.2, -0.15) is 0 Å². The summed E-state index contributed by atoms with van der Waals surface area (Å²) in [4.78, 5) is 0. The second-order valence-corrected chi connectivity index (χ2v) is 5.86. The Hall–Kier alpha value is -0.970. The molecule has 1 aromatic carbocycles. The summed E-state index contributed by atoms with van der Waals surface area (Å²) >= 11 is 0. The smallest absolute Gasteiger partial charge is 0.157 e. The molecule has 3 nitrogen and oxygen atoms in total. The zero-order valence-electron chi connectivity index (χ0n) is 11.4. The average Bonchev–Trinajstić information content (AvgIpc) is 2.38. The van der Waals surface area contributed by atoms with Crippen molar-refractivity contribution in [2.45, 2.75) is 39.1 Å². The quantitative estimate of drug-likeness (QED) is 0.912. The lowest BCUT2D eigenvalue weighted by Crippen LogP contribution is -2.37. The minimum absolute atomic E-state index is 0.0616. The van der Waals surface area contributed by atoms with Crippen LogP contribution < -0.4 is 0 Å². The molecule has 0 aliphatic carbocycles. The van der Waals surface area contributed by atoms with Crippen LogP contribution in [0.2, 0.25) is 0 Å². The van der Waals surface area contributed by atoms with Gasteiger partial charge in [-0.3, -0.25) is 0 Å². The number of halogens is 1. The number of rotatable bonds is 4. The van der Waals surface area contributed by atoms with Gasteiger partial charge in [0.2, 0.25) is 0 Å². The topological polar surface area (TPSA) is 38.7 Å². The van der Waals surface area contributed by atoms with Gasteiger partial charge in [0.15, 0.2) is 6.29 Å². The van der Waals surface area contributed by atoms with Crippen molar-refractivity contribution in [3.63, 3.8) is 0 Å². The fourth-order valence-electron chi connectivity index (χ4n) is 2.04. The molecule has 1 aliphatic heterocycles. The summed E-state index contributed by atoms with van der Waals surface area (Å²) in [5, 5.41) is 10.0. The van der Waals surface area contributed by atoms with Crippen molar-refractivity contribution in [1.29, 1.82) is 0 Å². The first kappa shape index (κ1) is 14.4. The van der Waals surface area contributed by atoms with Crippen molar-refractivity contribution in [1.82, 2.24) is 0 Å². The summed E-state index contributed by atoms with van der Waals surface area (Å²) in [5.74, 6) is -0.294. The molecular weight excluding hydrogens is 247 g/mol. The molecular formula is C15H21FO3. The molecule has 4 heteroatoms. The first-order valence-electron chi connectivity index (χ1n) is 6.63.